The minimum absolute atomic E-state index is 0.0277. The Bertz CT molecular complexity index is 586. The van der Waals surface area contributed by atoms with Gasteiger partial charge in [-0.15, -0.1) is 0 Å². The van der Waals surface area contributed by atoms with Gasteiger partial charge in [-0.3, -0.25) is 0 Å². The Hall–Kier alpha value is -0.630. The molecule has 1 atom stereocenters. The fourth-order valence-electron chi connectivity index (χ4n) is 2.54. The molecule has 5 nitrogen and oxygen atoms in total. The first-order chi connectivity index (χ1) is 9.98. The molecule has 7 heteroatoms. The van der Waals surface area contributed by atoms with E-state index in [1.165, 1.54) is 7.11 Å². The number of rotatable bonds is 6. The minimum atomic E-state index is -3.52. The highest BCUT2D eigenvalue weighted by Gasteiger charge is 2.32. The molecule has 0 aliphatic carbocycles. The molecule has 0 aromatic heterocycles. The predicted molar refractivity (Wildman–Crippen MR) is 86.2 cm³/mol. The summed E-state index contributed by atoms with van der Waals surface area (Å²) in [5.74, 6) is 0.531. The van der Waals surface area contributed by atoms with Gasteiger partial charge in [0.05, 0.1) is 12.0 Å². The minimum Gasteiger partial charge on any atom is -0.497 e. The summed E-state index contributed by atoms with van der Waals surface area (Å²) >= 11 is 3.34. The lowest BCUT2D eigenvalue weighted by Crippen LogP contribution is -2.42. The van der Waals surface area contributed by atoms with Gasteiger partial charge in [-0.05, 0) is 31.5 Å². The fourth-order valence-corrected chi connectivity index (χ4v) is 4.97. The van der Waals surface area contributed by atoms with E-state index in [1.54, 1.807) is 22.5 Å². The van der Waals surface area contributed by atoms with Crippen LogP contribution in [0, 0.1) is 0 Å². The molecule has 1 N–H and O–H groups in total. The molecular weight excluding hydrogens is 356 g/mol. The molecule has 1 heterocycles. The summed E-state index contributed by atoms with van der Waals surface area (Å²) in [5, 5.41) is 3.23. The second-order valence-electron chi connectivity index (χ2n) is 5.09. The maximum absolute atomic E-state index is 13.0. The molecule has 1 aliphatic heterocycles. The van der Waals surface area contributed by atoms with Crippen LogP contribution in [-0.2, 0) is 10.0 Å². The summed E-state index contributed by atoms with van der Waals surface area (Å²) in [4.78, 5) is 0.272. The van der Waals surface area contributed by atoms with E-state index in [2.05, 4.69) is 21.2 Å². The number of hydrogen-bond acceptors (Lipinski definition) is 4. The normalized spacial score (nSPS) is 19.1. The quantitative estimate of drug-likeness (QED) is 0.826. The molecule has 0 radical (unpaired) electrons. The van der Waals surface area contributed by atoms with E-state index < -0.39 is 10.0 Å². The molecule has 1 aromatic rings. The smallest absolute Gasteiger partial charge is 0.243 e. The van der Waals surface area contributed by atoms with E-state index in [9.17, 15) is 8.42 Å². The van der Waals surface area contributed by atoms with Crippen LogP contribution in [0.4, 0.5) is 0 Å². The molecule has 0 amide bonds. The summed E-state index contributed by atoms with van der Waals surface area (Å²) in [6, 6.07) is 4.98. The van der Waals surface area contributed by atoms with Crippen LogP contribution in [0.25, 0.3) is 0 Å². The van der Waals surface area contributed by atoms with Crippen molar-refractivity contribution in [3.8, 4) is 5.75 Å². The van der Waals surface area contributed by atoms with E-state index in [0.29, 0.717) is 23.3 Å². The molecule has 1 aliphatic rings. The van der Waals surface area contributed by atoms with Crippen molar-refractivity contribution in [3.05, 3.63) is 22.7 Å². The van der Waals surface area contributed by atoms with Crippen molar-refractivity contribution < 1.29 is 13.2 Å². The van der Waals surface area contributed by atoms with Crippen molar-refractivity contribution >= 4 is 26.0 Å². The third-order valence-electron chi connectivity index (χ3n) is 3.57. The number of halogens is 1. The van der Waals surface area contributed by atoms with Crippen LogP contribution in [0.2, 0.25) is 0 Å². The van der Waals surface area contributed by atoms with E-state index in [1.807, 2.05) is 6.92 Å². The number of ether oxygens (including phenoxy) is 1. The lowest BCUT2D eigenvalue weighted by atomic mass is 10.2. The molecule has 118 valence electrons. The van der Waals surface area contributed by atoms with Gasteiger partial charge in [0, 0.05) is 29.7 Å². The summed E-state index contributed by atoms with van der Waals surface area (Å²) < 4.78 is 33.4. The van der Waals surface area contributed by atoms with Gasteiger partial charge in [-0.1, -0.05) is 22.9 Å². The van der Waals surface area contributed by atoms with E-state index in [-0.39, 0.29) is 10.9 Å². The average molecular weight is 377 g/mol. The van der Waals surface area contributed by atoms with Gasteiger partial charge in [0.15, 0.2) is 0 Å². The number of methoxy groups -OCH3 is 1. The first-order valence-electron chi connectivity index (χ1n) is 7.06. The van der Waals surface area contributed by atoms with Crippen LogP contribution in [0.5, 0.6) is 5.75 Å². The lowest BCUT2D eigenvalue weighted by Gasteiger charge is -2.27. The van der Waals surface area contributed by atoms with Crippen LogP contribution in [0.1, 0.15) is 19.8 Å². The summed E-state index contributed by atoms with van der Waals surface area (Å²) in [6.07, 6.45) is 1.64. The Morgan fingerprint density at radius 1 is 1.43 bits per heavy atom. The van der Waals surface area contributed by atoms with Gasteiger partial charge >= 0.3 is 0 Å². The van der Waals surface area contributed by atoms with Crippen LogP contribution in [0.15, 0.2) is 27.6 Å². The fraction of sp³-hybridized carbons (Fsp3) is 0.571. The molecule has 1 fully saturated rings. The van der Waals surface area contributed by atoms with Gasteiger partial charge in [0.25, 0.3) is 0 Å². The van der Waals surface area contributed by atoms with Gasteiger partial charge in [-0.25, -0.2) is 8.42 Å². The Labute approximate surface area is 134 Å². The van der Waals surface area contributed by atoms with Crippen LogP contribution in [0.3, 0.4) is 0 Å². The van der Waals surface area contributed by atoms with Gasteiger partial charge < -0.3 is 10.1 Å². The Balaban J connectivity index is 2.39. The molecule has 2 rings (SSSR count). The summed E-state index contributed by atoms with van der Waals surface area (Å²) in [7, 11) is -1.99. The molecule has 21 heavy (non-hydrogen) atoms. The monoisotopic (exact) mass is 376 g/mol. The maximum atomic E-state index is 13.0. The molecule has 1 aromatic carbocycles. The van der Waals surface area contributed by atoms with Crippen LogP contribution in [-0.4, -0.2) is 45.5 Å². The molecule has 1 unspecified atom stereocenters. The number of sulfonamides is 1. The van der Waals surface area contributed by atoms with E-state index in [0.717, 1.165) is 19.4 Å². The predicted octanol–water partition coefficient (Wildman–Crippen LogP) is 2.22. The zero-order valence-corrected chi connectivity index (χ0v) is 14.7. The third kappa shape index (κ3) is 3.77. The zero-order chi connectivity index (χ0) is 15.5. The number of benzene rings is 1. The standard InChI is InChI=1S/C14H21BrN2O3S/c1-3-6-17(12-4-5-16-10-12)21(18,19)14-8-11(15)7-13(9-14)20-2/h7-9,12,16H,3-6,10H2,1-2H3. The molecule has 0 spiro atoms. The van der Waals surface area contributed by atoms with Crippen molar-refractivity contribution in [1.29, 1.82) is 0 Å². The van der Waals surface area contributed by atoms with Gasteiger partial charge in [0.1, 0.15) is 5.75 Å². The Morgan fingerprint density at radius 3 is 2.76 bits per heavy atom. The number of nitrogens with one attached hydrogen (secondary N) is 1. The first kappa shape index (κ1) is 16.7. The van der Waals surface area contributed by atoms with Gasteiger partial charge in [-0.2, -0.15) is 4.31 Å². The number of hydrogen-bond donors (Lipinski definition) is 1. The molecule has 0 saturated carbocycles. The average Bonchev–Trinajstić information content (AvgIpc) is 2.97. The number of nitrogens with zero attached hydrogens (tertiary/aromatic N) is 1. The molecular formula is C14H21BrN2O3S. The topological polar surface area (TPSA) is 58.6 Å². The lowest BCUT2D eigenvalue weighted by molar-refractivity contribution is 0.334. The first-order valence-corrected chi connectivity index (χ1v) is 9.29. The summed E-state index contributed by atoms with van der Waals surface area (Å²) in [6.45, 7) is 4.10. The summed E-state index contributed by atoms with van der Waals surface area (Å²) in [5.41, 5.74) is 0. The highest BCUT2D eigenvalue weighted by atomic mass is 79.9. The van der Waals surface area contributed by atoms with Crippen LogP contribution < -0.4 is 10.1 Å². The highest BCUT2D eigenvalue weighted by molar-refractivity contribution is 9.10. The van der Waals surface area contributed by atoms with Crippen molar-refractivity contribution in [2.75, 3.05) is 26.7 Å². The maximum Gasteiger partial charge on any atom is 0.243 e. The van der Waals surface area contributed by atoms with Crippen molar-refractivity contribution in [3.63, 3.8) is 0 Å². The molecule has 1 saturated heterocycles. The van der Waals surface area contributed by atoms with E-state index in [4.69, 9.17) is 4.74 Å². The Kier molecular flexibility index (Phi) is 5.65. The second kappa shape index (κ2) is 7.09. The third-order valence-corrected chi connectivity index (χ3v) is 5.96. The Morgan fingerprint density at radius 2 is 2.19 bits per heavy atom. The highest BCUT2D eigenvalue weighted by Crippen LogP contribution is 2.28. The SMILES string of the molecule is CCCN(C1CCNC1)S(=O)(=O)c1cc(Br)cc(OC)c1. The van der Waals surface area contributed by atoms with Crippen molar-refractivity contribution in [2.45, 2.75) is 30.7 Å². The van der Waals surface area contributed by atoms with E-state index >= 15 is 0 Å². The van der Waals surface area contributed by atoms with Crippen molar-refractivity contribution in [1.82, 2.24) is 9.62 Å². The molecule has 0 bridgehead atoms. The van der Waals surface area contributed by atoms with Crippen molar-refractivity contribution in [2.24, 2.45) is 0 Å². The largest absolute Gasteiger partial charge is 0.497 e. The zero-order valence-electron chi connectivity index (χ0n) is 12.3. The second-order valence-corrected chi connectivity index (χ2v) is 7.90. The van der Waals surface area contributed by atoms with Gasteiger partial charge in [0.2, 0.25) is 10.0 Å². The van der Waals surface area contributed by atoms with Crippen LogP contribution >= 0.6 is 15.9 Å².